The summed E-state index contributed by atoms with van der Waals surface area (Å²) < 4.78 is 35.8. The predicted molar refractivity (Wildman–Crippen MR) is 134 cm³/mol. The smallest absolute Gasteiger partial charge is 0.305 e. The van der Waals surface area contributed by atoms with E-state index in [-0.39, 0.29) is 70.8 Å². The van der Waals surface area contributed by atoms with Gasteiger partial charge in [0.1, 0.15) is 19.8 Å². The van der Waals surface area contributed by atoms with Gasteiger partial charge in [-0.1, -0.05) is 0 Å². The number of unbranched alkanes of at least 4 members (excludes halogenated alkanes) is 2. The molecule has 0 aromatic rings. The fourth-order valence-corrected chi connectivity index (χ4v) is 2.33. The molecule has 0 unspecified atom stereocenters. The van der Waals surface area contributed by atoms with Crippen LogP contribution in [0.15, 0.2) is 0 Å². The molecule has 0 bridgehead atoms. The molecule has 0 spiro atoms. The zero-order chi connectivity index (χ0) is 29.8. The van der Waals surface area contributed by atoms with Crippen molar-refractivity contribution in [3.8, 4) is 0 Å². The average Bonchev–Trinajstić information content (AvgIpc) is 2.92. The number of ether oxygens (including phenoxy) is 5. The molecule has 1 rings (SSSR count). The van der Waals surface area contributed by atoms with Crippen LogP contribution in [0.4, 0.5) is 0 Å². The van der Waals surface area contributed by atoms with Crippen molar-refractivity contribution < 1.29 is 63.5 Å². The van der Waals surface area contributed by atoms with E-state index in [4.69, 9.17) is 37.5 Å². The highest BCUT2D eigenvalue weighted by Crippen LogP contribution is 2.04. The van der Waals surface area contributed by atoms with Gasteiger partial charge in [0.2, 0.25) is 0 Å². The SMILES string of the molecule is O=C(CCCCO)OCCOCCOC(=O)CCCCO.O=C1CCCCO1.OCCOCCOO.[2H][B][3H]. The van der Waals surface area contributed by atoms with Crippen molar-refractivity contribution in [2.45, 2.75) is 57.8 Å². The molecule has 219 valence electrons. The van der Waals surface area contributed by atoms with Gasteiger partial charge in [0.05, 0.1) is 48.0 Å². The first-order chi connectivity index (χ1) is 18.9. The van der Waals surface area contributed by atoms with Crippen molar-refractivity contribution in [1.82, 2.24) is 0 Å². The Bertz CT molecular complexity index is 494. The van der Waals surface area contributed by atoms with Crippen molar-refractivity contribution >= 4 is 26.2 Å². The third kappa shape index (κ3) is 36.4. The standard InChI is InChI=1S/C14H26O7.C5H8O2.C4H10O4.BH2/c15-7-3-1-5-13(17)20-11-9-19-10-12-21-14(18)6-2-4-8-16;6-5-3-1-2-4-7-5;5-1-2-7-3-4-8-6;/h15-16H,1-12H2;1-4H2;5-6H,1-4H2;1H2/i;;;1TD. The Balaban J connectivity index is -0.000000580. The summed E-state index contributed by atoms with van der Waals surface area (Å²) in [4.78, 5) is 36.3. The van der Waals surface area contributed by atoms with Crippen molar-refractivity contribution in [3.63, 3.8) is 0 Å². The van der Waals surface area contributed by atoms with Gasteiger partial charge in [0.25, 0.3) is 0 Å². The van der Waals surface area contributed by atoms with Crippen LogP contribution >= 0.6 is 0 Å². The van der Waals surface area contributed by atoms with E-state index in [1.165, 1.54) is 0 Å². The van der Waals surface area contributed by atoms with Crippen molar-refractivity contribution in [1.29, 1.82) is 2.67 Å². The molecule has 0 saturated carbocycles. The summed E-state index contributed by atoms with van der Waals surface area (Å²) in [6, 6.07) is 0. The molecule has 4 N–H and O–H groups in total. The molecular formula is C23H46BO13. The number of hydrogen-bond donors (Lipinski definition) is 4. The summed E-state index contributed by atoms with van der Waals surface area (Å²) >= 11 is 0. The van der Waals surface area contributed by atoms with Crippen LogP contribution in [0.25, 0.3) is 0 Å². The first-order valence-electron chi connectivity index (χ1n) is 13.4. The number of cyclic esters (lactones) is 1. The second-order valence-electron chi connectivity index (χ2n) is 7.26. The zero-order valence-corrected chi connectivity index (χ0v) is 21.7. The Morgan fingerprint density at radius 3 is 1.73 bits per heavy atom. The molecule has 0 aromatic carbocycles. The molecule has 1 radical (unpaired) electrons. The molecule has 0 atom stereocenters. The molecule has 0 aliphatic carbocycles. The fourth-order valence-electron chi connectivity index (χ4n) is 2.33. The van der Waals surface area contributed by atoms with Crippen LogP contribution in [0.1, 0.15) is 57.8 Å². The van der Waals surface area contributed by atoms with Gasteiger partial charge in [-0.15, -0.1) is 0 Å². The third-order valence-corrected chi connectivity index (χ3v) is 4.15. The van der Waals surface area contributed by atoms with Gasteiger partial charge in [0, 0.05) is 32.5 Å². The van der Waals surface area contributed by atoms with Gasteiger partial charge in [-0.05, 0) is 41.2 Å². The summed E-state index contributed by atoms with van der Waals surface area (Å²) in [6.07, 6.45) is 5.69. The van der Waals surface area contributed by atoms with Gasteiger partial charge in [-0.25, -0.2) is 4.89 Å². The summed E-state index contributed by atoms with van der Waals surface area (Å²) in [5, 5.41) is 33.0. The molecule has 1 heterocycles. The topological polar surface area (TPSA) is 188 Å². The minimum Gasteiger partial charge on any atom is -0.466 e. The highest BCUT2D eigenvalue weighted by Gasteiger charge is 2.07. The van der Waals surface area contributed by atoms with Gasteiger partial charge >= 0.3 is 17.9 Å². The third-order valence-electron chi connectivity index (χ3n) is 4.15. The Morgan fingerprint density at radius 2 is 1.35 bits per heavy atom. The number of rotatable bonds is 19. The van der Waals surface area contributed by atoms with Gasteiger partial charge in [-0.2, -0.15) is 0 Å². The van der Waals surface area contributed by atoms with Gasteiger partial charge in [-0.3, -0.25) is 19.6 Å². The van der Waals surface area contributed by atoms with E-state index in [1.54, 1.807) is 0 Å². The lowest BCUT2D eigenvalue weighted by Crippen LogP contribution is -2.14. The minimum atomic E-state index is -0.303. The summed E-state index contributed by atoms with van der Waals surface area (Å²) in [6.45, 7) is 2.42. The summed E-state index contributed by atoms with van der Waals surface area (Å²) in [5.74, 6) is -0.643. The largest absolute Gasteiger partial charge is 0.466 e. The number of carbonyl (C=O) groups excluding carboxylic acids is 3. The van der Waals surface area contributed by atoms with E-state index in [2.05, 4.69) is 14.4 Å². The minimum absolute atomic E-state index is 0.00539. The highest BCUT2D eigenvalue weighted by atomic mass is 17.1. The van der Waals surface area contributed by atoms with E-state index in [9.17, 15) is 14.4 Å². The number of aliphatic hydroxyl groups excluding tert-OH is 3. The van der Waals surface area contributed by atoms with E-state index >= 15 is 0 Å². The van der Waals surface area contributed by atoms with Crippen LogP contribution in [0.5, 0.6) is 0 Å². The highest BCUT2D eigenvalue weighted by molar-refractivity contribution is 5.75. The lowest BCUT2D eigenvalue weighted by atomic mass is 10.2. The molecule has 14 heteroatoms. The molecule has 0 amide bonds. The molecule has 1 aliphatic heterocycles. The quantitative estimate of drug-likeness (QED) is 0.0415. The molecule has 37 heavy (non-hydrogen) atoms. The maximum atomic E-state index is 11.2. The second kappa shape index (κ2) is 34.2. The number of aliphatic hydroxyl groups is 3. The zero-order valence-electron chi connectivity index (χ0n) is 23.7. The first-order valence-corrected chi connectivity index (χ1v) is 12.2. The molecular weight excluding hydrogens is 495 g/mol. The summed E-state index contributed by atoms with van der Waals surface area (Å²) in [5.41, 5.74) is 0. The van der Waals surface area contributed by atoms with Gasteiger partial charge in [0.15, 0.2) is 0 Å². The van der Waals surface area contributed by atoms with Gasteiger partial charge < -0.3 is 39.0 Å². The number of esters is 3. The van der Waals surface area contributed by atoms with Crippen LogP contribution in [-0.2, 0) is 43.0 Å². The maximum Gasteiger partial charge on any atom is 0.305 e. The molecule has 0 aromatic heterocycles. The van der Waals surface area contributed by atoms with E-state index in [1.807, 2.05) is 0 Å². The van der Waals surface area contributed by atoms with Crippen molar-refractivity contribution in [3.05, 3.63) is 0 Å². The molecule has 13 nitrogen and oxygen atoms in total. The van der Waals surface area contributed by atoms with Crippen molar-refractivity contribution in [2.75, 3.05) is 72.7 Å². The lowest BCUT2D eigenvalue weighted by Gasteiger charge is -2.08. The van der Waals surface area contributed by atoms with Crippen LogP contribution in [0.2, 0.25) is 0 Å². The van der Waals surface area contributed by atoms with Crippen LogP contribution in [-0.4, -0.2) is 122 Å². The number of carbonyl (C=O) groups is 3. The van der Waals surface area contributed by atoms with E-state index in [0.717, 1.165) is 12.8 Å². The van der Waals surface area contributed by atoms with Crippen LogP contribution < -0.4 is 0 Å². The second-order valence-corrected chi connectivity index (χ2v) is 7.26. The Kier molecular flexibility index (Phi) is 32.5. The normalized spacial score (nSPS) is 12.5. The van der Waals surface area contributed by atoms with E-state index in [0.29, 0.717) is 73.1 Å². The predicted octanol–water partition coefficient (Wildman–Crippen LogP) is -0.303. The lowest BCUT2D eigenvalue weighted by molar-refractivity contribution is -0.249. The Labute approximate surface area is 223 Å². The van der Waals surface area contributed by atoms with Crippen LogP contribution in [0.3, 0.4) is 0 Å². The van der Waals surface area contributed by atoms with Crippen LogP contribution in [0, 0.1) is 0 Å². The monoisotopic (exact) mass is 544 g/mol. The molecule has 1 saturated heterocycles. The molecule has 1 fully saturated rings. The maximum absolute atomic E-state index is 11.2. The van der Waals surface area contributed by atoms with E-state index < -0.39 is 0 Å². The summed E-state index contributed by atoms with van der Waals surface area (Å²) in [7, 11) is 0.500. The van der Waals surface area contributed by atoms with Crippen molar-refractivity contribution in [2.24, 2.45) is 0 Å². The molecule has 1 aliphatic rings. The Morgan fingerprint density at radius 1 is 0.838 bits per heavy atom. The average molecular weight is 544 g/mol. The fraction of sp³-hybridized carbons (Fsp3) is 0.870. The first kappa shape index (κ1) is 35.2. The number of hydrogen-bond acceptors (Lipinski definition) is 13. The Hall–Kier alpha value is -1.81.